The van der Waals surface area contributed by atoms with E-state index in [0.717, 1.165) is 66.8 Å². The third-order valence-electron chi connectivity index (χ3n) is 7.03. The van der Waals surface area contributed by atoms with Gasteiger partial charge in [-0.25, -0.2) is 0 Å². The van der Waals surface area contributed by atoms with Crippen LogP contribution in [0.2, 0.25) is 0 Å². The molecule has 184 valence electrons. The number of aryl methyl sites for hydroxylation is 1. The molecule has 4 heterocycles. The van der Waals surface area contributed by atoms with Gasteiger partial charge in [0.1, 0.15) is 0 Å². The molecule has 1 N–H and O–H groups in total. The van der Waals surface area contributed by atoms with E-state index in [-0.39, 0.29) is 12.1 Å². The van der Waals surface area contributed by atoms with Gasteiger partial charge < -0.3 is 19.5 Å². The maximum Gasteiger partial charge on any atom is 0.170 e. The Bertz CT molecular complexity index is 1180. The standard InChI is InChI=1S/C27H32BrN5OS/c1-19-17-23(20(2)33(19)22-8-5-7-21(28)18-22)26-25(24-9-3-4-10-29-24)30-27(35)32(26)12-6-11-31-13-15-34-16-14-31/h3-5,7-10,17-18,25-26H,6,11-16H2,1-2H3,(H,30,35)/t25-,26-/m0/s1. The summed E-state index contributed by atoms with van der Waals surface area (Å²) in [4.78, 5) is 9.57. The van der Waals surface area contributed by atoms with Gasteiger partial charge in [0.25, 0.3) is 0 Å². The van der Waals surface area contributed by atoms with Gasteiger partial charge in [0.15, 0.2) is 5.11 Å². The van der Waals surface area contributed by atoms with Crippen molar-refractivity contribution in [3.63, 3.8) is 0 Å². The van der Waals surface area contributed by atoms with Crippen molar-refractivity contribution in [1.29, 1.82) is 0 Å². The smallest absolute Gasteiger partial charge is 0.170 e. The van der Waals surface area contributed by atoms with E-state index in [0.29, 0.717) is 0 Å². The van der Waals surface area contributed by atoms with Crippen LogP contribution in [-0.2, 0) is 4.74 Å². The summed E-state index contributed by atoms with van der Waals surface area (Å²) in [5.41, 5.74) is 5.90. The zero-order valence-corrected chi connectivity index (χ0v) is 22.7. The van der Waals surface area contributed by atoms with Crippen LogP contribution in [-0.4, -0.2) is 63.9 Å². The number of hydrogen-bond donors (Lipinski definition) is 1. The van der Waals surface area contributed by atoms with Gasteiger partial charge in [0.2, 0.25) is 0 Å². The quantitative estimate of drug-likeness (QED) is 0.418. The molecule has 35 heavy (non-hydrogen) atoms. The predicted octanol–water partition coefficient (Wildman–Crippen LogP) is 4.95. The zero-order valence-electron chi connectivity index (χ0n) is 20.3. The lowest BCUT2D eigenvalue weighted by Crippen LogP contribution is -2.39. The molecule has 0 aliphatic carbocycles. The number of thiocarbonyl (C=S) groups is 1. The Balaban J connectivity index is 1.47. The lowest BCUT2D eigenvalue weighted by molar-refractivity contribution is 0.0365. The van der Waals surface area contributed by atoms with Crippen molar-refractivity contribution >= 4 is 33.3 Å². The first kappa shape index (κ1) is 24.4. The number of halogens is 1. The topological polar surface area (TPSA) is 45.6 Å². The van der Waals surface area contributed by atoms with Crippen LogP contribution >= 0.6 is 28.1 Å². The molecule has 6 nitrogen and oxygen atoms in total. The number of pyridine rings is 1. The molecular formula is C27H32BrN5OS. The molecule has 2 aliphatic rings. The van der Waals surface area contributed by atoms with Crippen molar-refractivity contribution in [3.8, 4) is 5.69 Å². The number of rotatable bonds is 7. The fourth-order valence-electron chi connectivity index (χ4n) is 5.37. The van der Waals surface area contributed by atoms with E-state index in [1.54, 1.807) is 0 Å². The van der Waals surface area contributed by atoms with E-state index in [1.165, 1.54) is 17.0 Å². The highest BCUT2D eigenvalue weighted by Gasteiger charge is 2.41. The summed E-state index contributed by atoms with van der Waals surface area (Å²) in [5.74, 6) is 0. The summed E-state index contributed by atoms with van der Waals surface area (Å²) in [6.45, 7) is 10.0. The van der Waals surface area contributed by atoms with Crippen LogP contribution in [0.15, 0.2) is 59.2 Å². The molecule has 3 aromatic rings. The van der Waals surface area contributed by atoms with Crippen LogP contribution in [0.25, 0.3) is 5.69 Å². The summed E-state index contributed by atoms with van der Waals surface area (Å²) in [6, 6.07) is 17.0. The third-order valence-corrected chi connectivity index (χ3v) is 7.88. The molecule has 2 aromatic heterocycles. The van der Waals surface area contributed by atoms with E-state index >= 15 is 0 Å². The first-order valence-corrected chi connectivity index (χ1v) is 13.5. The SMILES string of the molecule is Cc1cc([C@H]2[C@H](c3ccccn3)NC(=S)N2CCCN2CCOCC2)c(C)n1-c1cccc(Br)c1. The summed E-state index contributed by atoms with van der Waals surface area (Å²) in [6.07, 6.45) is 2.92. The van der Waals surface area contributed by atoms with Crippen molar-refractivity contribution in [3.05, 3.63) is 81.8 Å². The minimum Gasteiger partial charge on any atom is -0.379 e. The molecule has 0 radical (unpaired) electrons. The number of nitrogens with zero attached hydrogens (tertiary/aromatic N) is 4. The van der Waals surface area contributed by atoms with Gasteiger partial charge in [0.05, 0.1) is 31.0 Å². The first-order chi connectivity index (χ1) is 17.0. The Kier molecular flexibility index (Phi) is 7.53. The Hall–Kier alpha value is -2.26. The lowest BCUT2D eigenvalue weighted by atomic mass is 9.96. The van der Waals surface area contributed by atoms with Gasteiger partial charge in [0, 0.05) is 53.9 Å². The zero-order chi connectivity index (χ0) is 24.4. The highest BCUT2D eigenvalue weighted by Crippen LogP contribution is 2.41. The van der Waals surface area contributed by atoms with Crippen molar-refractivity contribution in [1.82, 2.24) is 24.7 Å². The van der Waals surface area contributed by atoms with Crippen LogP contribution in [0.5, 0.6) is 0 Å². The minimum absolute atomic E-state index is 0.00328. The lowest BCUT2D eigenvalue weighted by Gasteiger charge is -2.30. The van der Waals surface area contributed by atoms with Crippen LogP contribution in [0.3, 0.4) is 0 Å². The number of benzene rings is 1. The molecule has 2 fully saturated rings. The minimum atomic E-state index is 0.00328. The maximum absolute atomic E-state index is 5.90. The molecule has 2 saturated heterocycles. The number of ether oxygens (including phenoxy) is 1. The Morgan fingerprint density at radius 2 is 1.91 bits per heavy atom. The van der Waals surface area contributed by atoms with Gasteiger partial charge in [-0.15, -0.1) is 0 Å². The average molecular weight is 555 g/mol. The van der Waals surface area contributed by atoms with E-state index in [2.05, 4.69) is 91.9 Å². The van der Waals surface area contributed by atoms with Gasteiger partial charge in [-0.05, 0) is 74.4 Å². The van der Waals surface area contributed by atoms with Gasteiger partial charge in [-0.3, -0.25) is 9.88 Å². The van der Waals surface area contributed by atoms with Crippen LogP contribution in [0, 0.1) is 13.8 Å². The maximum atomic E-state index is 5.90. The molecular weight excluding hydrogens is 522 g/mol. The van der Waals surface area contributed by atoms with Crippen molar-refractivity contribution in [2.75, 3.05) is 39.4 Å². The molecule has 0 spiro atoms. The highest BCUT2D eigenvalue weighted by molar-refractivity contribution is 9.10. The van der Waals surface area contributed by atoms with Gasteiger partial charge >= 0.3 is 0 Å². The van der Waals surface area contributed by atoms with E-state index in [4.69, 9.17) is 21.9 Å². The fourth-order valence-corrected chi connectivity index (χ4v) is 6.09. The second-order valence-corrected chi connectivity index (χ2v) is 10.6. The molecule has 0 unspecified atom stereocenters. The van der Waals surface area contributed by atoms with Crippen LogP contribution in [0.1, 0.15) is 41.1 Å². The number of morpholine rings is 1. The normalized spacial score (nSPS) is 20.9. The van der Waals surface area contributed by atoms with E-state index in [9.17, 15) is 0 Å². The Morgan fingerprint density at radius 1 is 1.09 bits per heavy atom. The number of nitrogens with one attached hydrogen (secondary N) is 1. The van der Waals surface area contributed by atoms with Crippen molar-refractivity contribution in [2.24, 2.45) is 0 Å². The summed E-state index contributed by atoms with van der Waals surface area (Å²) < 4.78 is 8.92. The second-order valence-electron chi connectivity index (χ2n) is 9.27. The van der Waals surface area contributed by atoms with E-state index in [1.807, 2.05) is 12.3 Å². The van der Waals surface area contributed by atoms with Gasteiger partial charge in [-0.2, -0.15) is 0 Å². The second kappa shape index (κ2) is 10.8. The Labute approximate surface area is 221 Å². The Morgan fingerprint density at radius 3 is 2.66 bits per heavy atom. The van der Waals surface area contributed by atoms with Crippen LogP contribution < -0.4 is 5.32 Å². The number of aromatic nitrogens is 2. The molecule has 8 heteroatoms. The average Bonchev–Trinajstić information content (AvgIpc) is 3.35. The molecule has 0 bridgehead atoms. The van der Waals surface area contributed by atoms with Crippen LogP contribution in [0.4, 0.5) is 0 Å². The van der Waals surface area contributed by atoms with E-state index < -0.39 is 0 Å². The summed E-state index contributed by atoms with van der Waals surface area (Å²) in [7, 11) is 0. The molecule has 2 aliphatic heterocycles. The molecule has 0 amide bonds. The highest BCUT2D eigenvalue weighted by atomic mass is 79.9. The molecule has 0 saturated carbocycles. The predicted molar refractivity (Wildman–Crippen MR) is 147 cm³/mol. The third kappa shape index (κ3) is 5.16. The molecule has 2 atom stereocenters. The molecule has 5 rings (SSSR count). The largest absolute Gasteiger partial charge is 0.379 e. The monoisotopic (exact) mass is 553 g/mol. The fraction of sp³-hybridized carbons (Fsp3) is 0.407. The van der Waals surface area contributed by atoms with Gasteiger partial charge in [-0.1, -0.05) is 28.1 Å². The summed E-state index contributed by atoms with van der Waals surface area (Å²) in [5, 5.41) is 4.41. The number of hydrogen-bond acceptors (Lipinski definition) is 4. The first-order valence-electron chi connectivity index (χ1n) is 12.3. The van der Waals surface area contributed by atoms with Crippen molar-refractivity contribution in [2.45, 2.75) is 32.4 Å². The van der Waals surface area contributed by atoms with Crippen molar-refractivity contribution < 1.29 is 4.74 Å². The molecule has 1 aromatic carbocycles. The summed E-state index contributed by atoms with van der Waals surface area (Å²) >= 11 is 9.53.